The Balaban J connectivity index is 1.64. The Morgan fingerprint density at radius 2 is 2.12 bits per heavy atom. The molecule has 0 aliphatic rings. The Labute approximate surface area is 144 Å². The third-order valence-corrected chi connectivity index (χ3v) is 6.08. The van der Waals surface area contributed by atoms with E-state index in [0.29, 0.717) is 17.8 Å². The van der Waals surface area contributed by atoms with Gasteiger partial charge >= 0.3 is 0 Å². The second kappa shape index (κ2) is 6.80. The number of hydrogen-bond donors (Lipinski definition) is 2. The second-order valence-electron chi connectivity index (χ2n) is 5.27. The molecule has 126 valence electrons. The van der Waals surface area contributed by atoms with Gasteiger partial charge in [-0.2, -0.15) is 5.10 Å². The van der Waals surface area contributed by atoms with Crippen molar-refractivity contribution in [1.82, 2.24) is 24.9 Å². The highest BCUT2D eigenvalue weighted by molar-refractivity contribution is 7.89. The van der Waals surface area contributed by atoms with Gasteiger partial charge in [-0.05, 0) is 26.0 Å². The topological polar surface area (TPSA) is 101 Å². The molecular formula is C15H17N5O2S2. The molecule has 7 nitrogen and oxygen atoms in total. The predicted molar refractivity (Wildman–Crippen MR) is 92.3 cm³/mol. The van der Waals surface area contributed by atoms with E-state index < -0.39 is 10.0 Å². The number of thiazole rings is 1. The van der Waals surface area contributed by atoms with Gasteiger partial charge in [0.2, 0.25) is 10.0 Å². The van der Waals surface area contributed by atoms with Gasteiger partial charge in [-0.25, -0.2) is 18.1 Å². The Morgan fingerprint density at radius 1 is 1.29 bits per heavy atom. The molecule has 2 N–H and O–H groups in total. The van der Waals surface area contributed by atoms with E-state index in [0.717, 1.165) is 16.4 Å². The maximum atomic E-state index is 12.4. The molecule has 0 saturated heterocycles. The normalized spacial score (nSPS) is 11.8. The number of nitrogens with zero attached hydrogens (tertiary/aromatic N) is 3. The van der Waals surface area contributed by atoms with Crippen LogP contribution in [-0.4, -0.2) is 35.1 Å². The number of sulfonamides is 1. The quantitative estimate of drug-likeness (QED) is 0.698. The third-order valence-electron chi connectivity index (χ3n) is 3.44. The number of pyridine rings is 1. The molecule has 0 saturated carbocycles. The number of aromatic nitrogens is 4. The lowest BCUT2D eigenvalue weighted by molar-refractivity contribution is 0.580. The fourth-order valence-corrected chi connectivity index (χ4v) is 4.58. The van der Waals surface area contributed by atoms with Crippen molar-refractivity contribution in [2.45, 2.75) is 25.2 Å². The first kappa shape index (κ1) is 16.7. The lowest BCUT2D eigenvalue weighted by atomic mass is 10.3. The molecule has 0 aliphatic heterocycles. The third kappa shape index (κ3) is 3.53. The average Bonchev–Trinajstić information content (AvgIpc) is 3.15. The van der Waals surface area contributed by atoms with Gasteiger partial charge in [-0.1, -0.05) is 6.07 Å². The maximum Gasteiger partial charge on any atom is 0.244 e. The summed E-state index contributed by atoms with van der Waals surface area (Å²) in [5.74, 6) is 0. The van der Waals surface area contributed by atoms with Crippen LogP contribution in [-0.2, 0) is 16.4 Å². The van der Waals surface area contributed by atoms with Gasteiger partial charge in [0.1, 0.15) is 9.90 Å². The molecule has 24 heavy (non-hydrogen) atoms. The van der Waals surface area contributed by atoms with Crippen LogP contribution in [0.25, 0.3) is 10.7 Å². The average molecular weight is 363 g/mol. The standard InChI is InChI=1S/C15H17N5O2S2/c1-10-14(11(2)20-19-10)24(21,22)17-8-6-12-9-23-15(18-12)13-5-3-4-7-16-13/h3-5,7,9,17H,6,8H2,1-2H3,(H,19,20). The largest absolute Gasteiger partial charge is 0.281 e. The molecule has 0 fully saturated rings. The first-order valence-electron chi connectivity index (χ1n) is 7.34. The second-order valence-corrected chi connectivity index (χ2v) is 7.83. The van der Waals surface area contributed by atoms with Crippen LogP contribution in [0.3, 0.4) is 0 Å². The molecule has 3 rings (SSSR count). The van der Waals surface area contributed by atoms with Gasteiger partial charge in [0.25, 0.3) is 0 Å². The Morgan fingerprint density at radius 3 is 2.79 bits per heavy atom. The highest BCUT2D eigenvalue weighted by Gasteiger charge is 2.21. The van der Waals surface area contributed by atoms with Crippen LogP contribution in [0.15, 0.2) is 34.7 Å². The number of hydrogen-bond acceptors (Lipinski definition) is 6. The molecule has 0 bridgehead atoms. The Hall–Kier alpha value is -2.10. The van der Waals surface area contributed by atoms with Gasteiger partial charge < -0.3 is 0 Å². The van der Waals surface area contributed by atoms with E-state index in [4.69, 9.17) is 0 Å². The lowest BCUT2D eigenvalue weighted by Crippen LogP contribution is -2.27. The summed E-state index contributed by atoms with van der Waals surface area (Å²) in [7, 11) is -3.57. The van der Waals surface area contributed by atoms with E-state index in [-0.39, 0.29) is 11.4 Å². The maximum absolute atomic E-state index is 12.4. The van der Waals surface area contributed by atoms with Gasteiger partial charge in [0, 0.05) is 24.5 Å². The summed E-state index contributed by atoms with van der Waals surface area (Å²) < 4.78 is 27.3. The summed E-state index contributed by atoms with van der Waals surface area (Å²) in [5, 5.41) is 9.36. The van der Waals surface area contributed by atoms with E-state index in [9.17, 15) is 8.42 Å². The monoisotopic (exact) mass is 363 g/mol. The fraction of sp³-hybridized carbons (Fsp3) is 0.267. The molecule has 3 heterocycles. The van der Waals surface area contributed by atoms with Gasteiger partial charge in [0.15, 0.2) is 0 Å². The lowest BCUT2D eigenvalue weighted by Gasteiger charge is -2.05. The number of nitrogens with one attached hydrogen (secondary N) is 2. The molecule has 0 spiro atoms. The number of aryl methyl sites for hydroxylation is 2. The summed E-state index contributed by atoms with van der Waals surface area (Å²) in [5.41, 5.74) is 2.65. The van der Waals surface area contributed by atoms with Crippen molar-refractivity contribution >= 4 is 21.4 Å². The van der Waals surface area contributed by atoms with Crippen molar-refractivity contribution in [2.24, 2.45) is 0 Å². The number of H-pyrrole nitrogens is 1. The Bertz CT molecular complexity index is 912. The molecular weight excluding hydrogens is 346 g/mol. The molecule has 0 unspecified atom stereocenters. The highest BCUT2D eigenvalue weighted by Crippen LogP contribution is 2.21. The molecule has 0 aromatic carbocycles. The minimum Gasteiger partial charge on any atom is -0.281 e. The fourth-order valence-electron chi connectivity index (χ4n) is 2.35. The SMILES string of the molecule is Cc1n[nH]c(C)c1S(=O)(=O)NCCc1csc(-c2ccccn2)n1. The van der Waals surface area contributed by atoms with E-state index in [1.54, 1.807) is 20.0 Å². The van der Waals surface area contributed by atoms with Gasteiger partial charge in [-0.3, -0.25) is 10.1 Å². The van der Waals surface area contributed by atoms with Crippen LogP contribution in [0.1, 0.15) is 17.1 Å². The summed E-state index contributed by atoms with van der Waals surface area (Å²) >= 11 is 1.50. The van der Waals surface area contributed by atoms with Crippen molar-refractivity contribution in [2.75, 3.05) is 6.54 Å². The zero-order valence-corrected chi connectivity index (χ0v) is 14.9. The summed E-state index contributed by atoms with van der Waals surface area (Å²) in [4.78, 5) is 8.98. The van der Waals surface area contributed by atoms with Crippen LogP contribution < -0.4 is 4.72 Å². The van der Waals surface area contributed by atoms with Crippen LogP contribution >= 0.6 is 11.3 Å². The van der Waals surface area contributed by atoms with Crippen molar-refractivity contribution in [3.8, 4) is 10.7 Å². The smallest absolute Gasteiger partial charge is 0.244 e. The van der Waals surface area contributed by atoms with Crippen molar-refractivity contribution in [3.63, 3.8) is 0 Å². The summed E-state index contributed by atoms with van der Waals surface area (Å²) in [6.45, 7) is 3.63. The molecule has 3 aromatic rings. The van der Waals surface area contributed by atoms with Gasteiger partial charge in [-0.15, -0.1) is 11.3 Å². The van der Waals surface area contributed by atoms with E-state index in [1.807, 2.05) is 23.6 Å². The van der Waals surface area contributed by atoms with Crippen LogP contribution in [0, 0.1) is 13.8 Å². The highest BCUT2D eigenvalue weighted by atomic mass is 32.2. The summed E-state index contributed by atoms with van der Waals surface area (Å²) in [6, 6.07) is 5.66. The zero-order chi connectivity index (χ0) is 17.2. The van der Waals surface area contributed by atoms with Gasteiger partial charge in [0.05, 0.1) is 22.8 Å². The zero-order valence-electron chi connectivity index (χ0n) is 13.3. The van der Waals surface area contributed by atoms with Crippen molar-refractivity contribution in [3.05, 3.63) is 46.9 Å². The first-order valence-corrected chi connectivity index (χ1v) is 9.70. The molecule has 3 aromatic heterocycles. The van der Waals surface area contributed by atoms with Crippen molar-refractivity contribution in [1.29, 1.82) is 0 Å². The summed E-state index contributed by atoms with van der Waals surface area (Å²) in [6.07, 6.45) is 2.23. The minimum atomic E-state index is -3.57. The molecule has 0 radical (unpaired) electrons. The molecule has 9 heteroatoms. The molecule has 0 atom stereocenters. The molecule has 0 amide bonds. The Kier molecular flexibility index (Phi) is 4.74. The van der Waals surface area contributed by atoms with Crippen LogP contribution in [0.4, 0.5) is 0 Å². The number of rotatable bonds is 6. The molecule has 0 aliphatic carbocycles. The first-order chi connectivity index (χ1) is 11.5. The number of aromatic amines is 1. The van der Waals surface area contributed by atoms with E-state index in [2.05, 4.69) is 24.9 Å². The van der Waals surface area contributed by atoms with Crippen LogP contribution in [0.2, 0.25) is 0 Å². The minimum absolute atomic E-state index is 0.218. The van der Waals surface area contributed by atoms with E-state index >= 15 is 0 Å². The van der Waals surface area contributed by atoms with Crippen LogP contribution in [0.5, 0.6) is 0 Å². The van der Waals surface area contributed by atoms with E-state index in [1.165, 1.54) is 11.3 Å². The van der Waals surface area contributed by atoms with Crippen molar-refractivity contribution < 1.29 is 8.42 Å². The predicted octanol–water partition coefficient (Wildman–Crippen LogP) is 2.07.